The van der Waals surface area contributed by atoms with Crippen molar-refractivity contribution in [2.45, 2.75) is 45.7 Å². The average molecular weight is 220 g/mol. The molecule has 2 atom stereocenters. The first-order valence-electron chi connectivity index (χ1n) is 6.19. The van der Waals surface area contributed by atoms with Crippen molar-refractivity contribution in [1.82, 2.24) is 0 Å². The van der Waals surface area contributed by atoms with E-state index in [4.69, 9.17) is 5.73 Å². The van der Waals surface area contributed by atoms with Crippen LogP contribution in [0.15, 0.2) is 24.3 Å². The van der Waals surface area contributed by atoms with E-state index in [0.717, 1.165) is 12.8 Å². The second-order valence-electron chi connectivity index (χ2n) is 4.44. The molecule has 1 rings (SSSR count). The summed E-state index contributed by atoms with van der Waals surface area (Å²) in [7, 11) is 2.15. The van der Waals surface area contributed by atoms with E-state index in [-0.39, 0.29) is 6.04 Å². The third-order valence-electron chi connectivity index (χ3n) is 3.41. The molecule has 0 bridgehead atoms. The third-order valence-corrected chi connectivity index (χ3v) is 3.41. The maximum absolute atomic E-state index is 6.15. The van der Waals surface area contributed by atoms with Gasteiger partial charge in [0.15, 0.2) is 0 Å². The first-order valence-corrected chi connectivity index (χ1v) is 6.19. The van der Waals surface area contributed by atoms with Gasteiger partial charge < -0.3 is 10.6 Å². The molecular formula is C14H24N2. The molecule has 16 heavy (non-hydrogen) atoms. The summed E-state index contributed by atoms with van der Waals surface area (Å²) in [5, 5.41) is 0. The van der Waals surface area contributed by atoms with Gasteiger partial charge in [0.05, 0.1) is 0 Å². The molecule has 0 radical (unpaired) electrons. The molecule has 0 heterocycles. The second kappa shape index (κ2) is 5.90. The lowest BCUT2D eigenvalue weighted by molar-refractivity contribution is 0.646. The quantitative estimate of drug-likeness (QED) is 0.824. The molecule has 0 aromatic heterocycles. The van der Waals surface area contributed by atoms with Crippen LogP contribution in [0.3, 0.4) is 0 Å². The average Bonchev–Trinajstić information content (AvgIpc) is 2.35. The van der Waals surface area contributed by atoms with Crippen molar-refractivity contribution in [2.75, 3.05) is 11.9 Å². The number of benzene rings is 1. The number of nitrogens with zero attached hydrogens (tertiary/aromatic N) is 1. The Balaban J connectivity index is 3.03. The Labute approximate surface area is 99.5 Å². The maximum atomic E-state index is 6.15. The van der Waals surface area contributed by atoms with Crippen molar-refractivity contribution in [2.24, 2.45) is 5.73 Å². The zero-order valence-corrected chi connectivity index (χ0v) is 10.9. The summed E-state index contributed by atoms with van der Waals surface area (Å²) in [6, 6.07) is 9.14. The van der Waals surface area contributed by atoms with Crippen LogP contribution in [0.1, 0.15) is 45.2 Å². The molecule has 0 spiro atoms. The summed E-state index contributed by atoms with van der Waals surface area (Å²) >= 11 is 0. The summed E-state index contributed by atoms with van der Waals surface area (Å²) in [6.45, 7) is 6.59. The molecule has 0 fully saturated rings. The van der Waals surface area contributed by atoms with Crippen molar-refractivity contribution in [3.8, 4) is 0 Å². The Bertz CT molecular complexity index is 322. The van der Waals surface area contributed by atoms with Gasteiger partial charge in [-0.3, -0.25) is 0 Å². The van der Waals surface area contributed by atoms with Crippen LogP contribution in [0.4, 0.5) is 5.69 Å². The van der Waals surface area contributed by atoms with Gasteiger partial charge >= 0.3 is 0 Å². The smallest absolute Gasteiger partial charge is 0.0414 e. The highest BCUT2D eigenvalue weighted by Crippen LogP contribution is 2.27. The molecule has 2 N–H and O–H groups in total. The molecule has 0 aliphatic carbocycles. The van der Waals surface area contributed by atoms with Crippen LogP contribution < -0.4 is 10.6 Å². The largest absolute Gasteiger partial charge is 0.372 e. The molecule has 0 aliphatic heterocycles. The molecular weight excluding hydrogens is 196 g/mol. The minimum Gasteiger partial charge on any atom is -0.372 e. The van der Waals surface area contributed by atoms with E-state index in [1.54, 1.807) is 0 Å². The zero-order valence-electron chi connectivity index (χ0n) is 10.9. The predicted molar refractivity (Wildman–Crippen MR) is 71.8 cm³/mol. The molecule has 0 saturated heterocycles. The van der Waals surface area contributed by atoms with Gasteiger partial charge in [0.2, 0.25) is 0 Å². The molecule has 1 aromatic carbocycles. The van der Waals surface area contributed by atoms with Crippen LogP contribution in [0.5, 0.6) is 0 Å². The van der Waals surface area contributed by atoms with Crippen molar-refractivity contribution < 1.29 is 0 Å². The lowest BCUT2D eigenvalue weighted by Gasteiger charge is -2.29. The summed E-state index contributed by atoms with van der Waals surface area (Å²) in [5.74, 6) is 0. The summed E-state index contributed by atoms with van der Waals surface area (Å²) < 4.78 is 0. The van der Waals surface area contributed by atoms with Gasteiger partial charge in [0.25, 0.3) is 0 Å². The number of anilines is 1. The molecule has 2 unspecified atom stereocenters. The summed E-state index contributed by atoms with van der Waals surface area (Å²) in [5.41, 5.74) is 8.67. The van der Waals surface area contributed by atoms with Gasteiger partial charge in [-0.15, -0.1) is 0 Å². The standard InChI is InChI=1S/C14H24N2/c1-5-11(3)16(4)14-10-8-7-9-12(14)13(15)6-2/h7-11,13H,5-6,15H2,1-4H3. The number of para-hydroxylation sites is 1. The fourth-order valence-corrected chi connectivity index (χ4v) is 1.85. The van der Waals surface area contributed by atoms with Crippen molar-refractivity contribution in [3.63, 3.8) is 0 Å². The van der Waals surface area contributed by atoms with E-state index >= 15 is 0 Å². The first-order chi connectivity index (χ1) is 7.61. The Hall–Kier alpha value is -1.02. The van der Waals surface area contributed by atoms with Crippen LogP contribution in [-0.2, 0) is 0 Å². The second-order valence-corrected chi connectivity index (χ2v) is 4.44. The maximum Gasteiger partial charge on any atom is 0.0414 e. The fourth-order valence-electron chi connectivity index (χ4n) is 1.85. The highest BCUT2D eigenvalue weighted by Gasteiger charge is 2.14. The summed E-state index contributed by atoms with van der Waals surface area (Å²) in [4.78, 5) is 2.32. The van der Waals surface area contributed by atoms with Crippen LogP contribution in [0.25, 0.3) is 0 Å². The number of hydrogen-bond acceptors (Lipinski definition) is 2. The van der Waals surface area contributed by atoms with Gasteiger partial charge in [-0.1, -0.05) is 32.0 Å². The van der Waals surface area contributed by atoms with Crippen molar-refractivity contribution in [1.29, 1.82) is 0 Å². The first kappa shape index (κ1) is 13.0. The van der Waals surface area contributed by atoms with Crippen LogP contribution >= 0.6 is 0 Å². The van der Waals surface area contributed by atoms with Crippen molar-refractivity contribution in [3.05, 3.63) is 29.8 Å². The lowest BCUT2D eigenvalue weighted by Crippen LogP contribution is -2.29. The summed E-state index contributed by atoms with van der Waals surface area (Å²) in [6.07, 6.45) is 2.12. The Morgan fingerprint density at radius 3 is 2.38 bits per heavy atom. The van der Waals surface area contributed by atoms with E-state index in [2.05, 4.69) is 57.0 Å². The molecule has 2 nitrogen and oxygen atoms in total. The molecule has 90 valence electrons. The highest BCUT2D eigenvalue weighted by molar-refractivity contribution is 5.55. The lowest BCUT2D eigenvalue weighted by atomic mass is 10.0. The fraction of sp³-hybridized carbons (Fsp3) is 0.571. The van der Waals surface area contributed by atoms with E-state index in [0.29, 0.717) is 6.04 Å². The van der Waals surface area contributed by atoms with Crippen molar-refractivity contribution >= 4 is 5.69 Å². The van der Waals surface area contributed by atoms with Gasteiger partial charge in [0.1, 0.15) is 0 Å². The third kappa shape index (κ3) is 2.76. The minimum atomic E-state index is 0.141. The van der Waals surface area contributed by atoms with Gasteiger partial charge in [-0.05, 0) is 31.4 Å². The number of hydrogen-bond donors (Lipinski definition) is 1. The normalized spacial score (nSPS) is 14.6. The topological polar surface area (TPSA) is 29.3 Å². The minimum absolute atomic E-state index is 0.141. The van der Waals surface area contributed by atoms with E-state index in [1.165, 1.54) is 11.3 Å². The highest BCUT2D eigenvalue weighted by atomic mass is 15.1. The Morgan fingerprint density at radius 2 is 1.81 bits per heavy atom. The Kier molecular flexibility index (Phi) is 4.81. The van der Waals surface area contributed by atoms with Gasteiger partial charge in [-0.25, -0.2) is 0 Å². The van der Waals surface area contributed by atoms with E-state index in [1.807, 2.05) is 0 Å². The molecule has 0 amide bonds. The van der Waals surface area contributed by atoms with Crippen LogP contribution in [-0.4, -0.2) is 13.1 Å². The van der Waals surface area contributed by atoms with Crippen LogP contribution in [0, 0.1) is 0 Å². The van der Waals surface area contributed by atoms with Crippen LogP contribution in [0.2, 0.25) is 0 Å². The SMILES string of the molecule is CCC(N)c1ccccc1N(C)C(C)CC. The monoisotopic (exact) mass is 220 g/mol. The van der Waals surface area contributed by atoms with Gasteiger partial charge in [0, 0.05) is 24.8 Å². The molecule has 0 aliphatic rings. The van der Waals surface area contributed by atoms with E-state index < -0.39 is 0 Å². The molecule has 2 heteroatoms. The number of rotatable bonds is 5. The Morgan fingerprint density at radius 1 is 1.19 bits per heavy atom. The van der Waals surface area contributed by atoms with E-state index in [9.17, 15) is 0 Å². The van der Waals surface area contributed by atoms with Gasteiger partial charge in [-0.2, -0.15) is 0 Å². The molecule has 1 aromatic rings. The molecule has 0 saturated carbocycles. The number of nitrogens with two attached hydrogens (primary N) is 1. The predicted octanol–water partition coefficient (Wildman–Crippen LogP) is 3.33. The zero-order chi connectivity index (χ0) is 12.1.